The van der Waals surface area contributed by atoms with Gasteiger partial charge < -0.3 is 14.7 Å². The molecule has 1 aliphatic rings. The second kappa shape index (κ2) is 7.14. The minimum atomic E-state index is 0.0213. The lowest BCUT2D eigenvalue weighted by Gasteiger charge is -2.34. The van der Waals surface area contributed by atoms with Crippen molar-refractivity contribution in [2.24, 2.45) is 0 Å². The van der Waals surface area contributed by atoms with Crippen molar-refractivity contribution in [2.45, 2.75) is 26.9 Å². The first-order valence-corrected chi connectivity index (χ1v) is 8.70. The molecule has 3 heterocycles. The van der Waals surface area contributed by atoms with E-state index in [1.807, 2.05) is 17.9 Å². The van der Waals surface area contributed by atoms with Crippen molar-refractivity contribution >= 4 is 17.4 Å². The zero-order valence-corrected chi connectivity index (χ0v) is 14.4. The molecule has 3 rings (SSSR count). The number of nitrogens with zero attached hydrogens (tertiary/aromatic N) is 3. The molecule has 2 aromatic rings. The Balaban J connectivity index is 1.43. The standard InChI is InChI=1S/C16H22N4O2S/c1-12-3-8-23-15(12)10-17-16(21)20-6-4-19(5-7-20)11-14-9-13(2)18-22-14/h3,8-9H,4-7,10-11H2,1-2H3,(H,17,21). The molecule has 0 aliphatic carbocycles. The maximum absolute atomic E-state index is 12.2. The van der Waals surface area contributed by atoms with E-state index in [4.69, 9.17) is 4.52 Å². The Morgan fingerprint density at radius 3 is 2.74 bits per heavy atom. The highest BCUT2D eigenvalue weighted by Gasteiger charge is 2.21. The maximum atomic E-state index is 12.2. The van der Waals surface area contributed by atoms with E-state index >= 15 is 0 Å². The summed E-state index contributed by atoms with van der Waals surface area (Å²) in [6.45, 7) is 8.54. The Bertz CT molecular complexity index is 659. The lowest BCUT2D eigenvalue weighted by atomic mass is 10.3. The summed E-state index contributed by atoms with van der Waals surface area (Å²) in [5, 5.41) is 8.98. The second-order valence-electron chi connectivity index (χ2n) is 5.88. The van der Waals surface area contributed by atoms with Gasteiger partial charge in [-0.3, -0.25) is 4.90 Å². The molecule has 2 amide bonds. The molecule has 0 radical (unpaired) electrons. The quantitative estimate of drug-likeness (QED) is 0.932. The number of carbonyl (C=O) groups excluding carboxylic acids is 1. The average Bonchev–Trinajstić information content (AvgIpc) is 3.14. The predicted molar refractivity (Wildman–Crippen MR) is 89.4 cm³/mol. The molecule has 1 fully saturated rings. The Kier molecular flexibility index (Phi) is 4.97. The third-order valence-electron chi connectivity index (χ3n) is 4.08. The zero-order chi connectivity index (χ0) is 16.2. The summed E-state index contributed by atoms with van der Waals surface area (Å²) in [5.41, 5.74) is 2.14. The van der Waals surface area contributed by atoms with Gasteiger partial charge in [-0.2, -0.15) is 0 Å². The summed E-state index contributed by atoms with van der Waals surface area (Å²) in [6, 6.07) is 4.06. The fraction of sp³-hybridized carbons (Fsp3) is 0.500. The fourth-order valence-corrected chi connectivity index (χ4v) is 3.52. The lowest BCUT2D eigenvalue weighted by Crippen LogP contribution is -2.51. The number of urea groups is 1. The SMILES string of the molecule is Cc1cc(CN2CCN(C(=O)NCc3sccc3C)CC2)on1. The Hall–Kier alpha value is -1.86. The minimum absolute atomic E-state index is 0.0213. The first kappa shape index (κ1) is 16.0. The fourth-order valence-electron chi connectivity index (χ4n) is 2.67. The van der Waals surface area contributed by atoms with Crippen LogP contribution in [0.3, 0.4) is 0 Å². The van der Waals surface area contributed by atoms with E-state index in [0.717, 1.165) is 44.2 Å². The van der Waals surface area contributed by atoms with Crippen LogP contribution < -0.4 is 5.32 Å². The normalized spacial score (nSPS) is 15.8. The molecule has 23 heavy (non-hydrogen) atoms. The minimum Gasteiger partial charge on any atom is -0.360 e. The van der Waals surface area contributed by atoms with E-state index in [-0.39, 0.29) is 6.03 Å². The number of aromatic nitrogens is 1. The van der Waals surface area contributed by atoms with Crippen LogP contribution in [0.15, 0.2) is 22.0 Å². The van der Waals surface area contributed by atoms with Gasteiger partial charge in [-0.1, -0.05) is 5.16 Å². The highest BCUT2D eigenvalue weighted by atomic mass is 32.1. The van der Waals surface area contributed by atoms with Gasteiger partial charge in [0.1, 0.15) is 0 Å². The van der Waals surface area contributed by atoms with Crippen LogP contribution in [0.1, 0.15) is 21.9 Å². The topological polar surface area (TPSA) is 61.6 Å². The van der Waals surface area contributed by atoms with Crippen LogP contribution in [0.5, 0.6) is 0 Å². The van der Waals surface area contributed by atoms with Gasteiger partial charge in [-0.05, 0) is 30.9 Å². The summed E-state index contributed by atoms with van der Waals surface area (Å²) < 4.78 is 5.25. The molecule has 7 heteroatoms. The number of aryl methyl sites for hydroxylation is 2. The van der Waals surface area contributed by atoms with E-state index < -0.39 is 0 Å². The summed E-state index contributed by atoms with van der Waals surface area (Å²) in [4.78, 5) is 17.6. The third-order valence-corrected chi connectivity index (χ3v) is 5.11. The summed E-state index contributed by atoms with van der Waals surface area (Å²) in [5.74, 6) is 0.883. The van der Waals surface area contributed by atoms with Crippen molar-refractivity contribution in [3.8, 4) is 0 Å². The monoisotopic (exact) mass is 334 g/mol. The average molecular weight is 334 g/mol. The molecule has 0 atom stereocenters. The van der Waals surface area contributed by atoms with Crippen molar-refractivity contribution in [1.82, 2.24) is 20.3 Å². The van der Waals surface area contributed by atoms with Gasteiger partial charge in [0, 0.05) is 37.1 Å². The van der Waals surface area contributed by atoms with Crippen molar-refractivity contribution in [1.29, 1.82) is 0 Å². The number of nitrogens with one attached hydrogen (secondary N) is 1. The Morgan fingerprint density at radius 2 is 2.13 bits per heavy atom. The van der Waals surface area contributed by atoms with Crippen LogP contribution in [0.2, 0.25) is 0 Å². The van der Waals surface area contributed by atoms with Gasteiger partial charge >= 0.3 is 6.03 Å². The number of thiophene rings is 1. The number of hydrogen-bond acceptors (Lipinski definition) is 5. The summed E-state index contributed by atoms with van der Waals surface area (Å²) >= 11 is 1.68. The first-order chi connectivity index (χ1) is 11.1. The van der Waals surface area contributed by atoms with E-state index in [1.54, 1.807) is 11.3 Å². The number of amides is 2. The molecular formula is C16H22N4O2S. The third kappa shape index (κ3) is 4.11. The maximum Gasteiger partial charge on any atom is 0.317 e. The van der Waals surface area contributed by atoms with E-state index in [1.165, 1.54) is 10.4 Å². The molecule has 0 unspecified atom stereocenters. The van der Waals surface area contributed by atoms with E-state index in [0.29, 0.717) is 6.54 Å². The van der Waals surface area contributed by atoms with Crippen molar-refractivity contribution in [3.63, 3.8) is 0 Å². The van der Waals surface area contributed by atoms with Gasteiger partial charge in [-0.15, -0.1) is 11.3 Å². The van der Waals surface area contributed by atoms with Crippen molar-refractivity contribution in [2.75, 3.05) is 26.2 Å². The van der Waals surface area contributed by atoms with Crippen LogP contribution >= 0.6 is 11.3 Å². The number of piperazine rings is 1. The molecule has 0 saturated carbocycles. The van der Waals surface area contributed by atoms with E-state index in [2.05, 4.69) is 33.7 Å². The van der Waals surface area contributed by atoms with Crippen LogP contribution in [0.25, 0.3) is 0 Å². The Labute approximate surface area is 140 Å². The second-order valence-corrected chi connectivity index (χ2v) is 6.88. The molecule has 1 aliphatic heterocycles. The van der Waals surface area contributed by atoms with Gasteiger partial charge in [0.05, 0.1) is 18.8 Å². The largest absolute Gasteiger partial charge is 0.360 e. The van der Waals surface area contributed by atoms with Gasteiger partial charge in [0.15, 0.2) is 5.76 Å². The zero-order valence-electron chi connectivity index (χ0n) is 13.5. The highest BCUT2D eigenvalue weighted by molar-refractivity contribution is 7.10. The van der Waals surface area contributed by atoms with Crippen LogP contribution in [-0.4, -0.2) is 47.2 Å². The molecule has 124 valence electrons. The molecule has 0 spiro atoms. The number of carbonyl (C=O) groups is 1. The molecule has 6 nitrogen and oxygen atoms in total. The highest BCUT2D eigenvalue weighted by Crippen LogP contribution is 2.15. The van der Waals surface area contributed by atoms with E-state index in [9.17, 15) is 4.79 Å². The van der Waals surface area contributed by atoms with Gasteiger partial charge in [-0.25, -0.2) is 4.79 Å². The first-order valence-electron chi connectivity index (χ1n) is 7.82. The molecule has 2 aromatic heterocycles. The molecule has 0 bridgehead atoms. The summed E-state index contributed by atoms with van der Waals surface area (Å²) in [7, 11) is 0. The van der Waals surface area contributed by atoms with Crippen LogP contribution in [-0.2, 0) is 13.1 Å². The van der Waals surface area contributed by atoms with Gasteiger partial charge in [0.25, 0.3) is 0 Å². The van der Waals surface area contributed by atoms with Gasteiger partial charge in [0.2, 0.25) is 0 Å². The molecule has 1 N–H and O–H groups in total. The predicted octanol–water partition coefficient (Wildman–Crippen LogP) is 2.38. The van der Waals surface area contributed by atoms with Crippen LogP contribution in [0, 0.1) is 13.8 Å². The smallest absolute Gasteiger partial charge is 0.317 e. The Morgan fingerprint density at radius 1 is 1.35 bits per heavy atom. The molecule has 0 aromatic carbocycles. The van der Waals surface area contributed by atoms with Crippen molar-refractivity contribution in [3.05, 3.63) is 39.4 Å². The molecular weight excluding hydrogens is 312 g/mol. The summed E-state index contributed by atoms with van der Waals surface area (Å²) in [6.07, 6.45) is 0. The number of rotatable bonds is 4. The van der Waals surface area contributed by atoms with Crippen LogP contribution in [0.4, 0.5) is 4.79 Å². The van der Waals surface area contributed by atoms with Crippen molar-refractivity contribution < 1.29 is 9.32 Å². The molecule has 1 saturated heterocycles. The number of hydrogen-bond donors (Lipinski definition) is 1. The lowest BCUT2D eigenvalue weighted by molar-refractivity contribution is 0.128.